The summed E-state index contributed by atoms with van der Waals surface area (Å²) in [5.41, 5.74) is 3.92. The molecule has 1 nitrogen and oxygen atoms in total. The first-order valence-corrected chi connectivity index (χ1v) is 6.22. The fourth-order valence-electron chi connectivity index (χ4n) is 2.87. The first kappa shape index (κ1) is 9.95. The van der Waals surface area contributed by atoms with Gasteiger partial charge in [-0.15, -0.1) is 0 Å². The predicted molar refractivity (Wildman–Crippen MR) is 67.7 cm³/mol. The Balaban J connectivity index is 1.84. The third-order valence-electron chi connectivity index (χ3n) is 3.80. The molecule has 83 valence electrons. The maximum atomic E-state index is 4.01. The standard InChI is InChI=1S/C15H18N/c1-12-6-7-13-8-9-16(11-14(13)10-12)15-4-2-3-5-15/h6-10,15H,1-5,11H2. The van der Waals surface area contributed by atoms with Crippen molar-refractivity contribution in [3.8, 4) is 0 Å². The van der Waals surface area contributed by atoms with Crippen molar-refractivity contribution in [3.63, 3.8) is 0 Å². The van der Waals surface area contributed by atoms with Gasteiger partial charge in [0.05, 0.1) is 0 Å². The molecule has 3 rings (SSSR count). The van der Waals surface area contributed by atoms with Crippen LogP contribution in [-0.2, 0) is 6.54 Å². The van der Waals surface area contributed by atoms with E-state index in [-0.39, 0.29) is 0 Å². The highest BCUT2D eigenvalue weighted by atomic mass is 15.1. The second-order valence-electron chi connectivity index (χ2n) is 4.96. The Morgan fingerprint density at radius 2 is 2.00 bits per heavy atom. The van der Waals surface area contributed by atoms with Crippen LogP contribution in [0, 0.1) is 6.92 Å². The quantitative estimate of drug-likeness (QED) is 0.687. The van der Waals surface area contributed by atoms with Gasteiger partial charge in [0.1, 0.15) is 0 Å². The van der Waals surface area contributed by atoms with Crippen LogP contribution in [0.4, 0.5) is 0 Å². The summed E-state index contributed by atoms with van der Waals surface area (Å²) < 4.78 is 0. The van der Waals surface area contributed by atoms with Crippen LogP contribution < -0.4 is 0 Å². The van der Waals surface area contributed by atoms with Gasteiger partial charge >= 0.3 is 0 Å². The van der Waals surface area contributed by atoms with Gasteiger partial charge in [-0.1, -0.05) is 31.0 Å². The molecule has 1 saturated carbocycles. The number of hydrogen-bond donors (Lipinski definition) is 0. The molecule has 1 heteroatoms. The molecule has 1 aromatic rings. The summed E-state index contributed by atoms with van der Waals surface area (Å²) in [7, 11) is 0. The normalized spacial score (nSPS) is 20.2. The number of benzene rings is 1. The third kappa shape index (κ3) is 1.75. The van der Waals surface area contributed by atoms with Gasteiger partial charge in [0.25, 0.3) is 0 Å². The van der Waals surface area contributed by atoms with Gasteiger partial charge in [-0.2, -0.15) is 0 Å². The van der Waals surface area contributed by atoms with Gasteiger partial charge in [0, 0.05) is 18.8 Å². The molecule has 0 saturated heterocycles. The smallest absolute Gasteiger partial charge is 0.0433 e. The first-order valence-electron chi connectivity index (χ1n) is 6.22. The summed E-state index contributed by atoms with van der Waals surface area (Å²) in [6.07, 6.45) is 10.1. The van der Waals surface area contributed by atoms with Crippen molar-refractivity contribution < 1.29 is 0 Å². The van der Waals surface area contributed by atoms with E-state index in [2.05, 4.69) is 42.3 Å². The van der Waals surface area contributed by atoms with Crippen molar-refractivity contribution in [2.24, 2.45) is 0 Å². The Morgan fingerprint density at radius 1 is 1.19 bits per heavy atom. The highest BCUT2D eigenvalue weighted by Crippen LogP contribution is 2.29. The molecule has 0 amide bonds. The lowest BCUT2D eigenvalue weighted by Crippen LogP contribution is -2.29. The molecule has 0 bridgehead atoms. The zero-order chi connectivity index (χ0) is 11.0. The lowest BCUT2D eigenvalue weighted by Gasteiger charge is -2.31. The summed E-state index contributed by atoms with van der Waals surface area (Å²) in [4.78, 5) is 2.51. The van der Waals surface area contributed by atoms with Crippen molar-refractivity contribution >= 4 is 6.08 Å². The lowest BCUT2D eigenvalue weighted by atomic mass is 10.0. The zero-order valence-electron chi connectivity index (χ0n) is 9.65. The van der Waals surface area contributed by atoms with E-state index in [1.165, 1.54) is 36.8 Å². The molecule has 0 aromatic heterocycles. The van der Waals surface area contributed by atoms with Crippen molar-refractivity contribution in [1.82, 2.24) is 4.90 Å². The molecule has 1 aliphatic carbocycles. The molecule has 0 spiro atoms. The molecule has 1 fully saturated rings. The third-order valence-corrected chi connectivity index (χ3v) is 3.80. The van der Waals surface area contributed by atoms with Crippen molar-refractivity contribution in [3.05, 3.63) is 48.0 Å². The Labute approximate surface area is 97.8 Å². The van der Waals surface area contributed by atoms with E-state index < -0.39 is 0 Å². The second kappa shape index (κ2) is 3.97. The van der Waals surface area contributed by atoms with Crippen LogP contribution >= 0.6 is 0 Å². The molecule has 1 heterocycles. The number of hydrogen-bond acceptors (Lipinski definition) is 1. The molecule has 2 aliphatic rings. The Hall–Kier alpha value is -1.24. The van der Waals surface area contributed by atoms with Crippen molar-refractivity contribution in [2.75, 3.05) is 0 Å². The Kier molecular flexibility index (Phi) is 2.47. The van der Waals surface area contributed by atoms with Gasteiger partial charge in [-0.25, -0.2) is 0 Å². The molecular formula is C15H18N. The predicted octanol–water partition coefficient (Wildman–Crippen LogP) is 3.60. The maximum absolute atomic E-state index is 4.01. The molecule has 1 aliphatic heterocycles. The summed E-state index contributed by atoms with van der Waals surface area (Å²) >= 11 is 0. The topological polar surface area (TPSA) is 3.24 Å². The van der Waals surface area contributed by atoms with Crippen molar-refractivity contribution in [1.29, 1.82) is 0 Å². The molecule has 0 atom stereocenters. The highest BCUT2D eigenvalue weighted by Gasteiger charge is 2.22. The van der Waals surface area contributed by atoms with E-state index in [0.29, 0.717) is 0 Å². The zero-order valence-corrected chi connectivity index (χ0v) is 9.65. The molecule has 1 radical (unpaired) electrons. The summed E-state index contributed by atoms with van der Waals surface area (Å²) in [5, 5.41) is 0. The van der Waals surface area contributed by atoms with Gasteiger partial charge in [0.2, 0.25) is 0 Å². The molecule has 0 N–H and O–H groups in total. The average Bonchev–Trinajstić information content (AvgIpc) is 2.81. The fourth-order valence-corrected chi connectivity index (χ4v) is 2.87. The molecule has 0 unspecified atom stereocenters. The molecule has 16 heavy (non-hydrogen) atoms. The monoisotopic (exact) mass is 212 g/mol. The minimum Gasteiger partial charge on any atom is -0.370 e. The van der Waals surface area contributed by atoms with Crippen LogP contribution in [-0.4, -0.2) is 10.9 Å². The average molecular weight is 212 g/mol. The molecule has 1 aromatic carbocycles. The minimum absolute atomic E-state index is 0.776. The Morgan fingerprint density at radius 3 is 2.81 bits per heavy atom. The van der Waals surface area contributed by atoms with Crippen LogP contribution in [0.25, 0.3) is 6.08 Å². The van der Waals surface area contributed by atoms with Crippen LogP contribution in [0.3, 0.4) is 0 Å². The van der Waals surface area contributed by atoms with Crippen LogP contribution in [0.5, 0.6) is 0 Å². The second-order valence-corrected chi connectivity index (χ2v) is 4.96. The van der Waals surface area contributed by atoms with E-state index in [0.717, 1.165) is 18.2 Å². The van der Waals surface area contributed by atoms with Gasteiger partial charge in [0.15, 0.2) is 0 Å². The van der Waals surface area contributed by atoms with E-state index in [9.17, 15) is 0 Å². The van der Waals surface area contributed by atoms with E-state index in [1.807, 2.05) is 0 Å². The van der Waals surface area contributed by atoms with Gasteiger partial charge in [-0.05, 0) is 42.5 Å². The van der Waals surface area contributed by atoms with Crippen LogP contribution in [0.15, 0.2) is 24.4 Å². The minimum atomic E-state index is 0.776. The van der Waals surface area contributed by atoms with E-state index in [4.69, 9.17) is 0 Å². The van der Waals surface area contributed by atoms with Crippen LogP contribution in [0.1, 0.15) is 42.4 Å². The number of nitrogens with zero attached hydrogens (tertiary/aromatic N) is 1. The van der Waals surface area contributed by atoms with Gasteiger partial charge in [-0.3, -0.25) is 0 Å². The number of rotatable bonds is 1. The largest absolute Gasteiger partial charge is 0.370 e. The van der Waals surface area contributed by atoms with E-state index >= 15 is 0 Å². The molecular weight excluding hydrogens is 194 g/mol. The Bertz CT molecular complexity index is 413. The summed E-state index contributed by atoms with van der Waals surface area (Å²) in [5.74, 6) is 0. The maximum Gasteiger partial charge on any atom is 0.0433 e. The summed E-state index contributed by atoms with van der Waals surface area (Å²) in [6.45, 7) is 5.08. The van der Waals surface area contributed by atoms with E-state index in [1.54, 1.807) is 0 Å². The number of fused-ring (bicyclic) bond motifs is 1. The van der Waals surface area contributed by atoms with Crippen LogP contribution in [0.2, 0.25) is 0 Å². The first-order chi connectivity index (χ1) is 7.83. The van der Waals surface area contributed by atoms with Crippen molar-refractivity contribution in [2.45, 2.75) is 38.3 Å². The summed E-state index contributed by atoms with van der Waals surface area (Å²) in [6, 6.07) is 7.27. The SMILES string of the molecule is [CH2]c1ccc2c(c1)CN(C1CCCC1)C=C2. The van der Waals surface area contributed by atoms with Gasteiger partial charge < -0.3 is 4.90 Å². The highest BCUT2D eigenvalue weighted by molar-refractivity contribution is 5.56. The fraction of sp³-hybridized carbons (Fsp3) is 0.400. The lowest BCUT2D eigenvalue weighted by molar-refractivity contribution is 0.270.